The van der Waals surface area contributed by atoms with Crippen molar-refractivity contribution in [3.05, 3.63) is 39.9 Å². The van der Waals surface area contributed by atoms with Gasteiger partial charge in [-0.05, 0) is 12.5 Å². The zero-order valence-corrected chi connectivity index (χ0v) is 11.4. The van der Waals surface area contributed by atoms with Crippen LogP contribution in [0.2, 0.25) is 0 Å². The topological polar surface area (TPSA) is 119 Å². The molecule has 1 aromatic rings. The Bertz CT molecular complexity index is 449. The number of hydrogen-bond donors (Lipinski definition) is 2. The van der Waals surface area contributed by atoms with Crippen LogP contribution < -0.4 is 5.73 Å². The quantitative estimate of drug-likeness (QED) is 0.207. The molecule has 0 heterocycles. The average molecular weight is 281 g/mol. The van der Waals surface area contributed by atoms with Gasteiger partial charge in [0.2, 0.25) is 12.3 Å². The summed E-state index contributed by atoms with van der Waals surface area (Å²) in [5.74, 6) is -0.131. The number of para-hydroxylation sites is 1. The summed E-state index contributed by atoms with van der Waals surface area (Å²) in [6.07, 6.45) is 3.21. The van der Waals surface area contributed by atoms with Crippen LogP contribution in [0.1, 0.15) is 31.7 Å². The number of rotatable bonds is 6. The van der Waals surface area contributed by atoms with Crippen LogP contribution in [0, 0.1) is 15.5 Å². The van der Waals surface area contributed by atoms with E-state index >= 15 is 0 Å². The fourth-order valence-electron chi connectivity index (χ4n) is 1.43. The molecule has 0 atom stereocenters. The maximum Gasteiger partial charge on any atom is 0.282 e. The van der Waals surface area contributed by atoms with Gasteiger partial charge in [-0.25, -0.2) is 0 Å². The van der Waals surface area contributed by atoms with Gasteiger partial charge in [0, 0.05) is 6.07 Å². The molecular formula is C13H19N3O4. The fourth-order valence-corrected chi connectivity index (χ4v) is 1.43. The predicted molar refractivity (Wildman–Crippen MR) is 75.7 cm³/mol. The van der Waals surface area contributed by atoms with Crippen LogP contribution in [0.5, 0.6) is 0 Å². The Morgan fingerprint density at radius 1 is 1.45 bits per heavy atom. The van der Waals surface area contributed by atoms with Crippen molar-refractivity contribution < 1.29 is 14.5 Å². The van der Waals surface area contributed by atoms with Crippen molar-refractivity contribution in [2.24, 2.45) is 5.73 Å². The van der Waals surface area contributed by atoms with Crippen LogP contribution >= 0.6 is 0 Å². The van der Waals surface area contributed by atoms with Gasteiger partial charge in [0.15, 0.2) is 0 Å². The molecule has 0 unspecified atom stereocenters. The van der Waals surface area contributed by atoms with Gasteiger partial charge in [0.25, 0.3) is 5.69 Å². The minimum Gasteiger partial charge on any atom is -0.477 e. The monoisotopic (exact) mass is 281 g/mol. The van der Waals surface area contributed by atoms with Crippen LogP contribution in [0.15, 0.2) is 24.3 Å². The molecule has 0 aliphatic carbocycles. The van der Waals surface area contributed by atoms with E-state index in [4.69, 9.17) is 14.9 Å². The molecule has 0 saturated carbocycles. The largest absolute Gasteiger partial charge is 0.477 e. The van der Waals surface area contributed by atoms with Crippen LogP contribution in [0.4, 0.5) is 5.69 Å². The number of amides is 1. The van der Waals surface area contributed by atoms with E-state index in [9.17, 15) is 10.1 Å². The highest BCUT2D eigenvalue weighted by molar-refractivity contribution is 5.95. The molecule has 110 valence electrons. The first-order valence-corrected chi connectivity index (χ1v) is 6.19. The van der Waals surface area contributed by atoms with Gasteiger partial charge in [0.1, 0.15) is 5.56 Å². The Balaban J connectivity index is 0.00000110. The number of carbonyl (C=O) groups excluding carboxylic acids is 1. The van der Waals surface area contributed by atoms with Crippen molar-refractivity contribution in [2.75, 3.05) is 6.61 Å². The Hall–Kier alpha value is -2.44. The number of unbranched alkanes of at least 4 members (excludes halogenated alkanes) is 2. The molecule has 1 aromatic carbocycles. The van der Waals surface area contributed by atoms with Crippen molar-refractivity contribution in [1.82, 2.24) is 0 Å². The van der Waals surface area contributed by atoms with E-state index < -0.39 is 4.92 Å². The first kappa shape index (κ1) is 17.6. The summed E-state index contributed by atoms with van der Waals surface area (Å²) in [5.41, 5.74) is 4.31. The molecule has 0 radical (unpaired) electrons. The Kier molecular flexibility index (Phi) is 9.20. The number of nitrogens with two attached hydrogens (primary N) is 1. The van der Waals surface area contributed by atoms with E-state index in [0.717, 1.165) is 19.3 Å². The molecule has 7 heteroatoms. The van der Waals surface area contributed by atoms with Gasteiger partial charge < -0.3 is 10.5 Å². The van der Waals surface area contributed by atoms with Gasteiger partial charge >= 0.3 is 0 Å². The molecule has 3 N–H and O–H groups in total. The zero-order valence-electron chi connectivity index (χ0n) is 11.4. The number of benzene rings is 1. The fraction of sp³-hybridized carbons (Fsp3) is 0.385. The van der Waals surface area contributed by atoms with E-state index in [-0.39, 0.29) is 23.6 Å². The third-order valence-electron chi connectivity index (χ3n) is 2.34. The minimum atomic E-state index is -0.501. The number of hydrogen-bond acceptors (Lipinski definition) is 5. The summed E-state index contributed by atoms with van der Waals surface area (Å²) >= 11 is 0. The average Bonchev–Trinajstić information content (AvgIpc) is 2.44. The summed E-state index contributed by atoms with van der Waals surface area (Å²) in [4.78, 5) is 18.8. The molecule has 0 saturated heterocycles. The van der Waals surface area contributed by atoms with E-state index in [1.807, 2.05) is 0 Å². The maximum atomic E-state index is 10.8. The molecule has 7 nitrogen and oxygen atoms in total. The van der Waals surface area contributed by atoms with E-state index in [1.54, 1.807) is 12.1 Å². The van der Waals surface area contributed by atoms with Crippen LogP contribution in [0.3, 0.4) is 0 Å². The van der Waals surface area contributed by atoms with Gasteiger partial charge in [-0.2, -0.15) is 0 Å². The number of nitrogens with zero attached hydrogens (tertiary/aromatic N) is 1. The number of nitrogens with one attached hydrogen (secondary N) is 1. The van der Waals surface area contributed by atoms with Crippen LogP contribution in [0.25, 0.3) is 0 Å². The van der Waals surface area contributed by atoms with Crippen molar-refractivity contribution in [3.8, 4) is 0 Å². The van der Waals surface area contributed by atoms with Crippen LogP contribution in [-0.4, -0.2) is 23.8 Å². The molecule has 0 spiro atoms. The molecule has 0 aromatic heterocycles. The molecule has 0 bridgehead atoms. The number of ether oxygens (including phenoxy) is 1. The molecule has 0 aliphatic rings. The van der Waals surface area contributed by atoms with E-state index in [1.165, 1.54) is 12.1 Å². The van der Waals surface area contributed by atoms with Crippen LogP contribution in [-0.2, 0) is 9.53 Å². The van der Waals surface area contributed by atoms with Gasteiger partial charge in [-0.3, -0.25) is 20.3 Å². The normalized spacial score (nSPS) is 9.05. The molecule has 1 rings (SSSR count). The van der Waals surface area contributed by atoms with Gasteiger partial charge in [0.05, 0.1) is 11.5 Å². The molecule has 20 heavy (non-hydrogen) atoms. The SMILES string of the molecule is CCCCCOC(=N)c1ccccc1[N+](=O)[O-].NC=O. The Morgan fingerprint density at radius 3 is 2.60 bits per heavy atom. The first-order chi connectivity index (χ1) is 9.58. The van der Waals surface area contributed by atoms with Crippen molar-refractivity contribution in [3.63, 3.8) is 0 Å². The third-order valence-corrected chi connectivity index (χ3v) is 2.34. The number of nitro benzene ring substituents is 1. The summed E-state index contributed by atoms with van der Waals surface area (Å²) in [5, 5.41) is 18.4. The highest BCUT2D eigenvalue weighted by Gasteiger charge is 2.17. The molecule has 0 fully saturated rings. The highest BCUT2D eigenvalue weighted by Crippen LogP contribution is 2.18. The van der Waals surface area contributed by atoms with E-state index in [2.05, 4.69) is 12.7 Å². The van der Waals surface area contributed by atoms with Crippen molar-refractivity contribution in [2.45, 2.75) is 26.2 Å². The zero-order chi connectivity index (χ0) is 15.4. The van der Waals surface area contributed by atoms with E-state index in [0.29, 0.717) is 6.61 Å². The summed E-state index contributed by atoms with van der Waals surface area (Å²) in [6, 6.07) is 6.14. The smallest absolute Gasteiger partial charge is 0.282 e. The maximum absolute atomic E-state index is 10.8. The second kappa shape index (κ2) is 10.5. The minimum absolute atomic E-state index is 0.0898. The summed E-state index contributed by atoms with van der Waals surface area (Å²) in [6.45, 7) is 2.51. The standard InChI is InChI=1S/C12H16N2O3.CH3NO/c1-2-3-6-9-17-12(13)10-7-4-5-8-11(10)14(15)16;2-1-3/h4-5,7-8,13H,2-3,6,9H2,1H3;1H,(H2,2,3). The summed E-state index contributed by atoms with van der Waals surface area (Å²) in [7, 11) is 0. The van der Waals surface area contributed by atoms with Gasteiger partial charge in [-0.15, -0.1) is 0 Å². The number of carbonyl (C=O) groups is 1. The lowest BCUT2D eigenvalue weighted by atomic mass is 10.2. The second-order valence-electron chi connectivity index (χ2n) is 3.80. The predicted octanol–water partition coefficient (Wildman–Crippen LogP) is 2.23. The third kappa shape index (κ3) is 6.48. The second-order valence-corrected chi connectivity index (χ2v) is 3.80. The molecular weight excluding hydrogens is 262 g/mol. The number of nitro groups is 1. The lowest BCUT2D eigenvalue weighted by Crippen LogP contribution is -2.09. The molecule has 1 amide bonds. The first-order valence-electron chi connectivity index (χ1n) is 6.19. The molecule has 0 aliphatic heterocycles. The lowest BCUT2D eigenvalue weighted by Gasteiger charge is -2.07. The lowest BCUT2D eigenvalue weighted by molar-refractivity contribution is -0.385. The van der Waals surface area contributed by atoms with Crippen molar-refractivity contribution >= 4 is 18.0 Å². The number of primary amides is 1. The summed E-state index contributed by atoms with van der Waals surface area (Å²) < 4.78 is 5.20. The van der Waals surface area contributed by atoms with Gasteiger partial charge in [-0.1, -0.05) is 31.9 Å². The Labute approximate surface area is 117 Å². The van der Waals surface area contributed by atoms with Crippen molar-refractivity contribution in [1.29, 1.82) is 5.41 Å². The Morgan fingerprint density at radius 2 is 2.05 bits per heavy atom. The highest BCUT2D eigenvalue weighted by atomic mass is 16.6.